The highest BCUT2D eigenvalue weighted by atomic mass is 32.2. The van der Waals surface area contributed by atoms with E-state index >= 15 is 0 Å². The van der Waals surface area contributed by atoms with Gasteiger partial charge in [0.1, 0.15) is 0 Å². The summed E-state index contributed by atoms with van der Waals surface area (Å²) in [7, 11) is -3.17. The Kier molecular flexibility index (Phi) is 6.28. The molecule has 0 aliphatic heterocycles. The van der Waals surface area contributed by atoms with Crippen molar-refractivity contribution in [1.82, 2.24) is 10.0 Å². The lowest BCUT2D eigenvalue weighted by Crippen LogP contribution is -2.46. The summed E-state index contributed by atoms with van der Waals surface area (Å²) in [5, 5.41) is 3.26. The van der Waals surface area contributed by atoms with Crippen LogP contribution in [0.4, 0.5) is 0 Å². The molecule has 0 heterocycles. The van der Waals surface area contributed by atoms with Crippen LogP contribution in [0, 0.1) is 10.8 Å². The maximum absolute atomic E-state index is 12.2. The molecule has 0 unspecified atom stereocenters. The summed E-state index contributed by atoms with van der Waals surface area (Å²) in [6.45, 7) is 13.8. The van der Waals surface area contributed by atoms with Gasteiger partial charge in [0.25, 0.3) is 0 Å². The van der Waals surface area contributed by atoms with Gasteiger partial charge >= 0.3 is 0 Å². The fourth-order valence-corrected chi connectivity index (χ4v) is 5.21. The Morgan fingerprint density at radius 3 is 2.10 bits per heavy atom. The first-order chi connectivity index (χ1) is 9.41. The van der Waals surface area contributed by atoms with Crippen molar-refractivity contribution in [2.24, 2.45) is 10.8 Å². The molecule has 0 amide bonds. The molecule has 0 atom stereocenters. The maximum Gasteiger partial charge on any atom is 0.211 e. The van der Waals surface area contributed by atoms with Gasteiger partial charge in [-0.1, -0.05) is 41.5 Å². The van der Waals surface area contributed by atoms with Crippen molar-refractivity contribution < 1.29 is 8.42 Å². The molecule has 2 N–H and O–H groups in total. The standard InChI is InChI=1S/C16H34N2O2S/c1-13(2)17-8-7-9-21(19,20)18-14-10-15(3,4)12-16(5,6)11-14/h13-14,17-18H,7-12H2,1-6H3. The molecule has 1 aliphatic rings. The summed E-state index contributed by atoms with van der Waals surface area (Å²) in [5.74, 6) is 0.212. The average molecular weight is 319 g/mol. The maximum atomic E-state index is 12.2. The normalized spacial score (nSPS) is 22.6. The van der Waals surface area contributed by atoms with E-state index < -0.39 is 10.0 Å². The topological polar surface area (TPSA) is 58.2 Å². The second kappa shape index (κ2) is 6.97. The van der Waals surface area contributed by atoms with Gasteiger partial charge in [0, 0.05) is 12.1 Å². The third-order valence-corrected chi connectivity index (χ3v) is 5.56. The molecule has 1 saturated carbocycles. The molecule has 4 nitrogen and oxygen atoms in total. The smallest absolute Gasteiger partial charge is 0.211 e. The Labute approximate surface area is 131 Å². The molecule has 0 aromatic carbocycles. The first-order valence-electron chi connectivity index (χ1n) is 8.14. The Hall–Kier alpha value is -0.130. The molecule has 0 aromatic heterocycles. The van der Waals surface area contributed by atoms with Crippen LogP contribution in [0.1, 0.15) is 67.2 Å². The van der Waals surface area contributed by atoms with E-state index in [2.05, 4.69) is 51.6 Å². The second-order valence-corrected chi connectivity index (χ2v) is 10.4. The molecule has 5 heteroatoms. The van der Waals surface area contributed by atoms with Gasteiger partial charge in [-0.25, -0.2) is 13.1 Å². The summed E-state index contributed by atoms with van der Waals surface area (Å²) in [6.07, 6.45) is 3.67. The van der Waals surface area contributed by atoms with Crippen LogP contribution < -0.4 is 10.0 Å². The van der Waals surface area contributed by atoms with E-state index in [1.807, 2.05) is 0 Å². The second-order valence-electron chi connectivity index (χ2n) is 8.51. The molecular formula is C16H34N2O2S. The summed E-state index contributed by atoms with van der Waals surface area (Å²) < 4.78 is 27.4. The van der Waals surface area contributed by atoms with Crippen LogP contribution in [0.2, 0.25) is 0 Å². The van der Waals surface area contributed by atoms with Gasteiger partial charge < -0.3 is 5.32 Å². The first-order valence-corrected chi connectivity index (χ1v) is 9.79. The minimum atomic E-state index is -3.17. The van der Waals surface area contributed by atoms with Crippen molar-refractivity contribution in [3.05, 3.63) is 0 Å². The zero-order valence-corrected chi connectivity index (χ0v) is 15.4. The van der Waals surface area contributed by atoms with Gasteiger partial charge in [0.15, 0.2) is 0 Å². The predicted molar refractivity (Wildman–Crippen MR) is 89.9 cm³/mol. The summed E-state index contributed by atoms with van der Waals surface area (Å²) >= 11 is 0. The monoisotopic (exact) mass is 318 g/mol. The zero-order chi connectivity index (χ0) is 16.3. The third kappa shape index (κ3) is 7.61. The third-order valence-electron chi connectivity index (χ3n) is 4.04. The van der Waals surface area contributed by atoms with Crippen LogP contribution in [0.5, 0.6) is 0 Å². The van der Waals surface area contributed by atoms with Crippen molar-refractivity contribution in [2.45, 2.75) is 79.3 Å². The van der Waals surface area contributed by atoms with Gasteiger partial charge in [-0.15, -0.1) is 0 Å². The summed E-state index contributed by atoms with van der Waals surface area (Å²) in [4.78, 5) is 0. The number of hydrogen-bond donors (Lipinski definition) is 2. The Morgan fingerprint density at radius 2 is 1.62 bits per heavy atom. The molecule has 0 saturated heterocycles. The Bertz CT molecular complexity index is 412. The van der Waals surface area contributed by atoms with Crippen molar-refractivity contribution in [3.8, 4) is 0 Å². The van der Waals surface area contributed by atoms with E-state index in [-0.39, 0.29) is 22.6 Å². The molecule has 1 aliphatic carbocycles. The molecular weight excluding hydrogens is 284 g/mol. The van der Waals surface area contributed by atoms with Crippen LogP contribution in [0.25, 0.3) is 0 Å². The molecule has 0 radical (unpaired) electrons. The van der Waals surface area contributed by atoms with Gasteiger partial charge in [-0.2, -0.15) is 0 Å². The molecule has 0 aromatic rings. The van der Waals surface area contributed by atoms with Gasteiger partial charge in [0.05, 0.1) is 5.75 Å². The number of nitrogens with one attached hydrogen (secondary N) is 2. The molecule has 1 fully saturated rings. The van der Waals surface area contributed by atoms with Crippen LogP contribution in [0.3, 0.4) is 0 Å². The van der Waals surface area contributed by atoms with E-state index in [1.165, 1.54) is 0 Å². The lowest BCUT2D eigenvalue weighted by atomic mass is 9.64. The van der Waals surface area contributed by atoms with Crippen molar-refractivity contribution in [1.29, 1.82) is 0 Å². The molecule has 0 bridgehead atoms. The molecule has 1 rings (SSSR count). The van der Waals surface area contributed by atoms with Gasteiger partial charge in [-0.3, -0.25) is 0 Å². The van der Waals surface area contributed by atoms with E-state index in [0.29, 0.717) is 12.5 Å². The van der Waals surface area contributed by atoms with Crippen LogP contribution in [-0.2, 0) is 10.0 Å². The number of rotatable bonds is 7. The van der Waals surface area contributed by atoms with E-state index in [1.54, 1.807) is 0 Å². The van der Waals surface area contributed by atoms with Crippen LogP contribution in [-0.4, -0.2) is 32.8 Å². The van der Waals surface area contributed by atoms with E-state index in [9.17, 15) is 8.42 Å². The van der Waals surface area contributed by atoms with Crippen LogP contribution in [0.15, 0.2) is 0 Å². The fourth-order valence-electron chi connectivity index (χ4n) is 3.90. The molecule has 126 valence electrons. The molecule has 0 spiro atoms. The first kappa shape index (κ1) is 18.9. The van der Waals surface area contributed by atoms with Crippen molar-refractivity contribution in [2.75, 3.05) is 12.3 Å². The lowest BCUT2D eigenvalue weighted by Gasteiger charge is -2.45. The SMILES string of the molecule is CC(C)NCCCS(=O)(=O)NC1CC(C)(C)CC(C)(C)C1. The van der Waals surface area contributed by atoms with Gasteiger partial charge in [-0.05, 0) is 43.1 Å². The largest absolute Gasteiger partial charge is 0.314 e. The fraction of sp³-hybridized carbons (Fsp3) is 1.00. The van der Waals surface area contributed by atoms with Crippen molar-refractivity contribution >= 4 is 10.0 Å². The minimum absolute atomic E-state index is 0.0757. The van der Waals surface area contributed by atoms with Crippen LogP contribution >= 0.6 is 0 Å². The Morgan fingerprint density at radius 1 is 1.10 bits per heavy atom. The summed E-state index contributed by atoms with van der Waals surface area (Å²) in [6, 6.07) is 0.479. The minimum Gasteiger partial charge on any atom is -0.314 e. The highest BCUT2D eigenvalue weighted by Gasteiger charge is 2.39. The number of sulfonamides is 1. The Balaban J connectivity index is 2.50. The predicted octanol–water partition coefficient (Wildman–Crippen LogP) is 2.90. The highest BCUT2D eigenvalue weighted by Crippen LogP contribution is 2.45. The van der Waals surface area contributed by atoms with E-state index in [4.69, 9.17) is 0 Å². The highest BCUT2D eigenvalue weighted by molar-refractivity contribution is 7.89. The van der Waals surface area contributed by atoms with Crippen molar-refractivity contribution in [3.63, 3.8) is 0 Å². The van der Waals surface area contributed by atoms with E-state index in [0.717, 1.165) is 25.8 Å². The quantitative estimate of drug-likeness (QED) is 0.710. The lowest BCUT2D eigenvalue weighted by molar-refractivity contribution is 0.0934. The zero-order valence-electron chi connectivity index (χ0n) is 14.6. The average Bonchev–Trinajstić information content (AvgIpc) is 2.18. The number of hydrogen-bond acceptors (Lipinski definition) is 3. The summed E-state index contributed by atoms with van der Waals surface area (Å²) in [5.41, 5.74) is 0.405. The molecule has 21 heavy (non-hydrogen) atoms. The van der Waals surface area contributed by atoms with Gasteiger partial charge in [0.2, 0.25) is 10.0 Å².